The van der Waals surface area contributed by atoms with Crippen molar-refractivity contribution in [3.05, 3.63) is 77.0 Å². The van der Waals surface area contributed by atoms with Gasteiger partial charge in [-0.2, -0.15) is 0 Å². The van der Waals surface area contributed by atoms with Gasteiger partial charge in [0.15, 0.2) is 0 Å². The molecular weight excluding hydrogens is 400 g/mol. The maximum atomic E-state index is 12.8. The van der Waals surface area contributed by atoms with Crippen molar-refractivity contribution in [1.29, 1.82) is 0 Å². The van der Waals surface area contributed by atoms with Crippen LogP contribution in [-0.2, 0) is 16.1 Å². The highest BCUT2D eigenvalue weighted by Crippen LogP contribution is 2.33. The number of para-hydroxylation sites is 3. The van der Waals surface area contributed by atoms with Crippen LogP contribution in [0.5, 0.6) is 0 Å². The Labute approximate surface area is 177 Å². The molecule has 2 heterocycles. The van der Waals surface area contributed by atoms with Crippen molar-refractivity contribution in [2.75, 3.05) is 28.2 Å². The molecule has 8 heteroatoms. The van der Waals surface area contributed by atoms with E-state index in [0.717, 1.165) is 4.88 Å². The van der Waals surface area contributed by atoms with Crippen LogP contribution in [0.1, 0.15) is 4.88 Å². The average Bonchev–Trinajstić information content (AvgIpc) is 3.28. The molecule has 0 fully saturated rings. The van der Waals surface area contributed by atoms with E-state index in [0.29, 0.717) is 23.6 Å². The summed E-state index contributed by atoms with van der Waals surface area (Å²) in [6.45, 7) is 0.176. The number of thiophene rings is 1. The van der Waals surface area contributed by atoms with Crippen LogP contribution in [0.2, 0.25) is 0 Å². The maximum Gasteiger partial charge on any atom is 0.326 e. The van der Waals surface area contributed by atoms with E-state index in [-0.39, 0.29) is 24.9 Å². The molecule has 7 nitrogen and oxygen atoms in total. The molecule has 4 rings (SSSR count). The fourth-order valence-corrected chi connectivity index (χ4v) is 3.87. The Kier molecular flexibility index (Phi) is 5.76. The standard InChI is InChI=1S/C22H20N4O3S/c27-20(23-13-17-9-6-12-30-17)14-25-18-10-4-5-11-19(18)26(15-21(25)28)22(29)24-16-7-2-1-3-8-16/h1-12H,13-15H2,(H,23,27)(H,24,29). The molecule has 1 aliphatic rings. The third-order valence-electron chi connectivity index (χ3n) is 4.67. The van der Waals surface area contributed by atoms with Gasteiger partial charge in [0.2, 0.25) is 11.8 Å². The number of rotatable bonds is 5. The van der Waals surface area contributed by atoms with Gasteiger partial charge in [-0.05, 0) is 35.7 Å². The molecule has 0 atom stereocenters. The zero-order valence-corrected chi connectivity index (χ0v) is 16.9. The second-order valence-electron chi connectivity index (χ2n) is 6.71. The number of hydrogen-bond donors (Lipinski definition) is 2. The van der Waals surface area contributed by atoms with Gasteiger partial charge < -0.3 is 10.6 Å². The van der Waals surface area contributed by atoms with Crippen LogP contribution in [0.3, 0.4) is 0 Å². The van der Waals surface area contributed by atoms with Gasteiger partial charge in [-0.25, -0.2) is 4.79 Å². The summed E-state index contributed by atoms with van der Waals surface area (Å²) in [5.74, 6) is -0.572. The quantitative estimate of drug-likeness (QED) is 0.663. The summed E-state index contributed by atoms with van der Waals surface area (Å²) in [7, 11) is 0. The highest BCUT2D eigenvalue weighted by Gasteiger charge is 2.33. The molecule has 1 aliphatic heterocycles. The van der Waals surface area contributed by atoms with Crippen LogP contribution in [0.25, 0.3) is 0 Å². The molecule has 0 radical (unpaired) electrons. The number of fused-ring (bicyclic) bond motifs is 1. The van der Waals surface area contributed by atoms with E-state index in [1.54, 1.807) is 47.7 Å². The molecule has 152 valence electrons. The van der Waals surface area contributed by atoms with Crippen LogP contribution in [0, 0.1) is 0 Å². The van der Waals surface area contributed by atoms with Crippen molar-refractivity contribution in [1.82, 2.24) is 5.32 Å². The second-order valence-corrected chi connectivity index (χ2v) is 7.74. The Bertz CT molecular complexity index is 1050. The predicted molar refractivity (Wildman–Crippen MR) is 118 cm³/mol. The van der Waals surface area contributed by atoms with E-state index in [1.165, 1.54) is 9.80 Å². The number of nitrogens with one attached hydrogen (secondary N) is 2. The molecular formula is C22H20N4O3S. The van der Waals surface area contributed by atoms with Crippen molar-refractivity contribution < 1.29 is 14.4 Å². The fraction of sp³-hybridized carbons (Fsp3) is 0.136. The molecule has 2 N–H and O–H groups in total. The lowest BCUT2D eigenvalue weighted by Crippen LogP contribution is -2.51. The van der Waals surface area contributed by atoms with Crippen molar-refractivity contribution in [3.63, 3.8) is 0 Å². The average molecular weight is 420 g/mol. The minimum absolute atomic E-state index is 0.102. The molecule has 3 aromatic rings. The summed E-state index contributed by atoms with van der Waals surface area (Å²) < 4.78 is 0. The number of carbonyl (C=O) groups is 3. The predicted octanol–water partition coefficient (Wildman–Crippen LogP) is 3.45. The van der Waals surface area contributed by atoms with Gasteiger partial charge in [-0.15, -0.1) is 11.3 Å². The van der Waals surface area contributed by atoms with E-state index in [4.69, 9.17) is 0 Å². The number of benzene rings is 2. The van der Waals surface area contributed by atoms with Crippen molar-refractivity contribution in [3.8, 4) is 0 Å². The molecule has 0 saturated heterocycles. The summed E-state index contributed by atoms with van der Waals surface area (Å²) in [6.07, 6.45) is 0. The lowest BCUT2D eigenvalue weighted by molar-refractivity contribution is -0.123. The zero-order chi connectivity index (χ0) is 20.9. The van der Waals surface area contributed by atoms with Crippen LogP contribution in [-0.4, -0.2) is 30.9 Å². The topological polar surface area (TPSA) is 81.8 Å². The van der Waals surface area contributed by atoms with Gasteiger partial charge in [0, 0.05) is 10.6 Å². The first-order valence-corrected chi connectivity index (χ1v) is 10.3. The van der Waals surface area contributed by atoms with E-state index in [9.17, 15) is 14.4 Å². The van der Waals surface area contributed by atoms with Crippen LogP contribution in [0.4, 0.5) is 21.9 Å². The van der Waals surface area contributed by atoms with Crippen molar-refractivity contribution in [2.45, 2.75) is 6.54 Å². The maximum absolute atomic E-state index is 12.8. The summed E-state index contributed by atoms with van der Waals surface area (Å²) >= 11 is 1.56. The molecule has 0 spiro atoms. The minimum Gasteiger partial charge on any atom is -0.350 e. The largest absolute Gasteiger partial charge is 0.350 e. The monoisotopic (exact) mass is 420 g/mol. The zero-order valence-electron chi connectivity index (χ0n) is 16.1. The molecule has 0 saturated carbocycles. The Hall–Kier alpha value is -3.65. The molecule has 0 bridgehead atoms. The first kappa shape index (κ1) is 19.7. The summed E-state index contributed by atoms with van der Waals surface area (Å²) in [5, 5.41) is 7.58. The summed E-state index contributed by atoms with van der Waals surface area (Å²) in [4.78, 5) is 41.9. The first-order valence-electron chi connectivity index (χ1n) is 9.44. The number of amides is 4. The van der Waals surface area contributed by atoms with Crippen LogP contribution in [0.15, 0.2) is 72.1 Å². The highest BCUT2D eigenvalue weighted by atomic mass is 32.1. The summed E-state index contributed by atoms with van der Waals surface area (Å²) in [5.41, 5.74) is 1.75. The Morgan fingerprint density at radius 3 is 2.40 bits per heavy atom. The lowest BCUT2D eigenvalue weighted by atomic mass is 10.1. The van der Waals surface area contributed by atoms with Gasteiger partial charge in [0.1, 0.15) is 13.1 Å². The van der Waals surface area contributed by atoms with Crippen molar-refractivity contribution >= 4 is 46.2 Å². The third kappa shape index (κ3) is 4.33. The Balaban J connectivity index is 1.49. The van der Waals surface area contributed by atoms with E-state index >= 15 is 0 Å². The van der Waals surface area contributed by atoms with Gasteiger partial charge in [0.05, 0.1) is 17.9 Å². The van der Waals surface area contributed by atoms with E-state index in [2.05, 4.69) is 10.6 Å². The highest BCUT2D eigenvalue weighted by molar-refractivity contribution is 7.09. The summed E-state index contributed by atoms with van der Waals surface area (Å²) in [6, 6.07) is 19.6. The molecule has 0 aliphatic carbocycles. The van der Waals surface area contributed by atoms with Crippen LogP contribution >= 0.6 is 11.3 Å². The SMILES string of the molecule is O=C(CN1C(=O)CN(C(=O)Nc2ccccc2)c2ccccc21)NCc1cccs1. The van der Waals surface area contributed by atoms with Gasteiger partial charge in [0.25, 0.3) is 0 Å². The smallest absolute Gasteiger partial charge is 0.326 e. The van der Waals surface area contributed by atoms with Gasteiger partial charge in [-0.1, -0.05) is 36.4 Å². The molecule has 4 amide bonds. The van der Waals surface area contributed by atoms with E-state index < -0.39 is 6.03 Å². The number of hydrogen-bond acceptors (Lipinski definition) is 4. The second kappa shape index (κ2) is 8.79. The fourth-order valence-electron chi connectivity index (χ4n) is 3.23. The van der Waals surface area contributed by atoms with Crippen molar-refractivity contribution in [2.24, 2.45) is 0 Å². The van der Waals surface area contributed by atoms with E-state index in [1.807, 2.05) is 35.7 Å². The van der Waals surface area contributed by atoms with Crippen LogP contribution < -0.4 is 20.4 Å². The number of nitrogens with zero attached hydrogens (tertiary/aromatic N) is 2. The Morgan fingerprint density at radius 1 is 0.933 bits per heavy atom. The van der Waals surface area contributed by atoms with Gasteiger partial charge in [-0.3, -0.25) is 19.4 Å². The minimum atomic E-state index is -0.399. The normalized spacial score (nSPS) is 13.0. The van der Waals surface area contributed by atoms with Gasteiger partial charge >= 0.3 is 6.03 Å². The number of carbonyl (C=O) groups excluding carboxylic acids is 3. The number of anilines is 3. The third-order valence-corrected chi connectivity index (χ3v) is 5.55. The Morgan fingerprint density at radius 2 is 1.67 bits per heavy atom. The molecule has 30 heavy (non-hydrogen) atoms. The number of urea groups is 1. The first-order chi connectivity index (χ1) is 14.6. The molecule has 0 unspecified atom stereocenters. The molecule has 1 aromatic heterocycles. The lowest BCUT2D eigenvalue weighted by Gasteiger charge is -2.35. The molecule has 2 aromatic carbocycles.